The number of nitrogens with one attached hydrogen (secondary N) is 1. The van der Waals surface area contributed by atoms with Crippen LogP contribution in [0.25, 0.3) is 0 Å². The first-order valence-corrected chi connectivity index (χ1v) is 5.38. The van der Waals surface area contributed by atoms with Crippen LogP contribution >= 0.6 is 0 Å². The molecule has 2 saturated heterocycles. The number of hydrogen-bond donors (Lipinski definition) is 1. The van der Waals surface area contributed by atoms with Gasteiger partial charge in [0.1, 0.15) is 12.1 Å². The number of hydrogen-bond acceptors (Lipinski definition) is 2. The van der Waals surface area contributed by atoms with E-state index in [9.17, 15) is 9.59 Å². The fraction of sp³-hybridized carbons (Fsp3) is 0.800. The van der Waals surface area contributed by atoms with Crippen LogP contribution in [0.3, 0.4) is 0 Å². The quantitative estimate of drug-likeness (QED) is 0.633. The predicted molar refractivity (Wildman–Crippen MR) is 49.4 cm³/mol. The summed E-state index contributed by atoms with van der Waals surface area (Å²) in [5.74, 6) is 0.654. The molecule has 2 amide bonds. The van der Waals surface area contributed by atoms with Gasteiger partial charge in [-0.2, -0.15) is 0 Å². The van der Waals surface area contributed by atoms with E-state index in [2.05, 4.69) is 5.32 Å². The van der Waals surface area contributed by atoms with Gasteiger partial charge in [0.05, 0.1) is 0 Å². The average molecular weight is 194 g/mol. The first-order chi connectivity index (χ1) is 6.77. The van der Waals surface area contributed by atoms with E-state index in [1.165, 1.54) is 0 Å². The Morgan fingerprint density at radius 2 is 2.00 bits per heavy atom. The molecule has 14 heavy (non-hydrogen) atoms. The molecular formula is C10H14N2O2. The zero-order valence-electron chi connectivity index (χ0n) is 8.03. The summed E-state index contributed by atoms with van der Waals surface area (Å²) < 4.78 is 0. The second-order valence-electron chi connectivity index (χ2n) is 4.51. The van der Waals surface area contributed by atoms with E-state index in [1.54, 1.807) is 4.90 Å². The van der Waals surface area contributed by atoms with Crippen LogP contribution in [-0.4, -0.2) is 35.3 Å². The van der Waals surface area contributed by atoms with E-state index in [0.717, 1.165) is 32.2 Å². The summed E-state index contributed by atoms with van der Waals surface area (Å²) in [5.41, 5.74) is 0. The van der Waals surface area contributed by atoms with Crippen LogP contribution in [0.5, 0.6) is 0 Å². The van der Waals surface area contributed by atoms with Crippen LogP contribution in [0.1, 0.15) is 25.7 Å². The Kier molecular flexibility index (Phi) is 1.60. The Hall–Kier alpha value is -1.06. The smallest absolute Gasteiger partial charge is 0.246 e. The molecule has 4 nitrogen and oxygen atoms in total. The third-order valence-electron chi connectivity index (χ3n) is 3.50. The van der Waals surface area contributed by atoms with Gasteiger partial charge in [-0.3, -0.25) is 9.59 Å². The van der Waals surface area contributed by atoms with Gasteiger partial charge in [0.2, 0.25) is 11.8 Å². The van der Waals surface area contributed by atoms with Gasteiger partial charge >= 0.3 is 0 Å². The molecule has 0 aromatic carbocycles. The SMILES string of the molecule is O=C1N[C@@H](C2CC2)C(=O)N2CCC[C@H]12. The lowest BCUT2D eigenvalue weighted by atomic mass is 10.1. The molecule has 3 fully saturated rings. The van der Waals surface area contributed by atoms with Gasteiger partial charge in [0.15, 0.2) is 0 Å². The summed E-state index contributed by atoms with van der Waals surface area (Å²) in [4.78, 5) is 25.4. The third kappa shape index (κ3) is 1.06. The maximum Gasteiger partial charge on any atom is 0.246 e. The van der Waals surface area contributed by atoms with Crippen LogP contribution in [-0.2, 0) is 9.59 Å². The summed E-state index contributed by atoms with van der Waals surface area (Å²) in [5, 5.41) is 2.87. The molecule has 1 N–H and O–H groups in total. The molecule has 3 aliphatic rings. The molecule has 2 aliphatic heterocycles. The van der Waals surface area contributed by atoms with Crippen LogP contribution in [0.4, 0.5) is 0 Å². The lowest BCUT2D eigenvalue weighted by molar-refractivity contribution is -0.147. The summed E-state index contributed by atoms with van der Waals surface area (Å²) in [7, 11) is 0. The number of fused-ring (bicyclic) bond motifs is 1. The second kappa shape index (κ2) is 2.72. The highest BCUT2D eigenvalue weighted by Gasteiger charge is 2.48. The molecule has 76 valence electrons. The Balaban J connectivity index is 1.85. The molecule has 0 aromatic heterocycles. The van der Waals surface area contributed by atoms with E-state index in [4.69, 9.17) is 0 Å². The molecule has 0 spiro atoms. The molecule has 2 heterocycles. The van der Waals surface area contributed by atoms with Gasteiger partial charge < -0.3 is 10.2 Å². The minimum Gasteiger partial charge on any atom is -0.342 e. The zero-order valence-corrected chi connectivity index (χ0v) is 8.03. The number of carbonyl (C=O) groups is 2. The molecule has 1 aliphatic carbocycles. The standard InChI is InChI=1S/C10H14N2O2/c13-9-7-2-1-5-12(7)10(14)8(11-9)6-3-4-6/h6-8H,1-5H2,(H,11,13)/t7-,8+/m1/s1. The first-order valence-electron chi connectivity index (χ1n) is 5.38. The highest BCUT2D eigenvalue weighted by Crippen LogP contribution is 2.36. The zero-order chi connectivity index (χ0) is 9.71. The van der Waals surface area contributed by atoms with Crippen molar-refractivity contribution in [3.05, 3.63) is 0 Å². The third-order valence-corrected chi connectivity index (χ3v) is 3.50. The molecule has 1 saturated carbocycles. The maximum atomic E-state index is 11.9. The lowest BCUT2D eigenvalue weighted by Gasteiger charge is -2.34. The number of carbonyl (C=O) groups excluding carboxylic acids is 2. The molecule has 0 unspecified atom stereocenters. The molecule has 0 aromatic rings. The minimum atomic E-state index is -0.197. The molecule has 2 atom stereocenters. The lowest BCUT2D eigenvalue weighted by Crippen LogP contribution is -2.61. The highest BCUT2D eigenvalue weighted by molar-refractivity contribution is 5.97. The average Bonchev–Trinajstić information content (AvgIpc) is 2.88. The van der Waals surface area contributed by atoms with Gasteiger partial charge in [-0.05, 0) is 31.6 Å². The van der Waals surface area contributed by atoms with Gasteiger partial charge in [0, 0.05) is 6.54 Å². The topological polar surface area (TPSA) is 49.4 Å². The first kappa shape index (κ1) is 8.26. The van der Waals surface area contributed by atoms with Crippen molar-refractivity contribution >= 4 is 11.8 Å². The van der Waals surface area contributed by atoms with Gasteiger partial charge in [-0.25, -0.2) is 0 Å². The van der Waals surface area contributed by atoms with Crippen molar-refractivity contribution in [3.8, 4) is 0 Å². The van der Waals surface area contributed by atoms with Crippen LogP contribution in [0.15, 0.2) is 0 Å². The van der Waals surface area contributed by atoms with Crippen molar-refractivity contribution in [1.82, 2.24) is 10.2 Å². The minimum absolute atomic E-state index is 0.0685. The largest absolute Gasteiger partial charge is 0.342 e. The maximum absolute atomic E-state index is 11.9. The molecule has 3 rings (SSSR count). The Bertz CT molecular complexity index is 294. The van der Waals surface area contributed by atoms with Crippen LogP contribution < -0.4 is 5.32 Å². The van der Waals surface area contributed by atoms with E-state index < -0.39 is 0 Å². The van der Waals surface area contributed by atoms with Crippen molar-refractivity contribution in [1.29, 1.82) is 0 Å². The van der Waals surface area contributed by atoms with E-state index in [-0.39, 0.29) is 23.9 Å². The number of amides is 2. The van der Waals surface area contributed by atoms with Crippen molar-refractivity contribution in [2.24, 2.45) is 5.92 Å². The normalized spacial score (nSPS) is 37.0. The number of nitrogens with zero attached hydrogens (tertiary/aromatic N) is 1. The molecule has 0 radical (unpaired) electrons. The van der Waals surface area contributed by atoms with E-state index in [1.807, 2.05) is 0 Å². The fourth-order valence-electron chi connectivity index (χ4n) is 2.54. The number of rotatable bonds is 1. The summed E-state index contributed by atoms with van der Waals surface area (Å²) in [6, 6.07) is -0.352. The van der Waals surface area contributed by atoms with E-state index in [0.29, 0.717) is 5.92 Å². The summed E-state index contributed by atoms with van der Waals surface area (Å²) >= 11 is 0. The highest BCUT2D eigenvalue weighted by atomic mass is 16.2. The second-order valence-corrected chi connectivity index (χ2v) is 4.51. The van der Waals surface area contributed by atoms with Gasteiger partial charge in [-0.1, -0.05) is 0 Å². The Labute approximate surface area is 82.6 Å². The Morgan fingerprint density at radius 1 is 1.21 bits per heavy atom. The molecule has 0 bridgehead atoms. The number of piperazine rings is 1. The summed E-state index contributed by atoms with van der Waals surface area (Å²) in [6.07, 6.45) is 4.00. The molecule has 4 heteroatoms. The van der Waals surface area contributed by atoms with Crippen LogP contribution in [0.2, 0.25) is 0 Å². The van der Waals surface area contributed by atoms with Crippen molar-refractivity contribution in [3.63, 3.8) is 0 Å². The van der Waals surface area contributed by atoms with E-state index >= 15 is 0 Å². The summed E-state index contributed by atoms with van der Waals surface area (Å²) in [6.45, 7) is 0.778. The van der Waals surface area contributed by atoms with Crippen molar-refractivity contribution in [2.75, 3.05) is 6.54 Å². The van der Waals surface area contributed by atoms with Gasteiger partial charge in [-0.15, -0.1) is 0 Å². The molecular weight excluding hydrogens is 180 g/mol. The fourth-order valence-corrected chi connectivity index (χ4v) is 2.54. The van der Waals surface area contributed by atoms with Gasteiger partial charge in [0.25, 0.3) is 0 Å². The van der Waals surface area contributed by atoms with Crippen molar-refractivity contribution < 1.29 is 9.59 Å². The predicted octanol–water partition coefficient (Wildman–Crippen LogP) is -0.114. The van der Waals surface area contributed by atoms with Crippen LogP contribution in [0, 0.1) is 5.92 Å². The van der Waals surface area contributed by atoms with Crippen molar-refractivity contribution in [2.45, 2.75) is 37.8 Å². The Morgan fingerprint density at radius 3 is 2.71 bits per heavy atom. The monoisotopic (exact) mass is 194 g/mol.